The average molecular weight is 368 g/mol. The maximum Gasteiger partial charge on any atom is 0.260 e. The number of carbonyl (C=O) groups is 1. The number of unbranched alkanes of at least 4 members (excludes halogenated alkanes) is 1. The van der Waals surface area contributed by atoms with E-state index in [1.54, 1.807) is 36.5 Å². The van der Waals surface area contributed by atoms with Crippen LogP contribution < -0.4 is 9.64 Å². The zero-order valence-corrected chi connectivity index (χ0v) is 15.6. The Morgan fingerprint density at radius 2 is 2.00 bits per heavy atom. The first-order valence-electron chi connectivity index (χ1n) is 8.42. The van der Waals surface area contributed by atoms with Gasteiger partial charge in [-0.1, -0.05) is 30.7 Å². The Hall–Kier alpha value is -2.80. The van der Waals surface area contributed by atoms with Crippen molar-refractivity contribution >= 4 is 22.4 Å². The molecular formula is C19H20N4O2S. The van der Waals surface area contributed by atoms with Crippen molar-refractivity contribution in [2.24, 2.45) is 0 Å². The highest BCUT2D eigenvalue weighted by atomic mass is 32.1. The minimum absolute atomic E-state index is 0.102. The number of amides is 1. The number of carbonyl (C=O) groups excluding carboxylic acids is 1. The highest BCUT2D eigenvalue weighted by Crippen LogP contribution is 2.29. The Balaban J connectivity index is 1.90. The van der Waals surface area contributed by atoms with Crippen molar-refractivity contribution in [1.29, 1.82) is 0 Å². The number of hydrogen-bond acceptors (Lipinski definition) is 6. The minimum atomic E-state index is -0.102. The molecule has 0 N–H and O–H groups in total. The molecule has 26 heavy (non-hydrogen) atoms. The molecule has 3 aromatic rings. The molecule has 6 nitrogen and oxygen atoms in total. The zero-order valence-electron chi connectivity index (χ0n) is 14.8. The first kappa shape index (κ1) is 18.0. The minimum Gasteiger partial charge on any atom is -0.497 e. The van der Waals surface area contributed by atoms with E-state index < -0.39 is 0 Å². The smallest absolute Gasteiger partial charge is 0.260 e. The van der Waals surface area contributed by atoms with Gasteiger partial charge in [0.25, 0.3) is 5.91 Å². The second-order valence-corrected chi connectivity index (χ2v) is 6.62. The van der Waals surface area contributed by atoms with E-state index in [4.69, 9.17) is 4.74 Å². The van der Waals surface area contributed by atoms with E-state index in [0.29, 0.717) is 23.0 Å². The summed E-state index contributed by atoms with van der Waals surface area (Å²) in [6.07, 6.45) is 5.30. The van der Waals surface area contributed by atoms with Crippen LogP contribution in [0.2, 0.25) is 0 Å². The molecule has 0 aliphatic carbocycles. The monoisotopic (exact) mass is 368 g/mol. The van der Waals surface area contributed by atoms with Crippen LogP contribution in [0.25, 0.3) is 10.6 Å². The zero-order chi connectivity index (χ0) is 18.4. The molecule has 0 unspecified atom stereocenters. The van der Waals surface area contributed by atoms with Crippen LogP contribution in [0, 0.1) is 0 Å². The standard InChI is InChI=1S/C19H20N4O2S/c1-3-4-12-23(18(24)15-6-5-7-16(13-15)25-2)19-22-21-17(26-19)14-8-10-20-11-9-14/h5-11,13H,3-4,12H2,1-2H3. The van der Waals surface area contributed by atoms with Crippen LogP contribution in [-0.2, 0) is 0 Å². The third kappa shape index (κ3) is 4.05. The van der Waals surface area contributed by atoms with Gasteiger partial charge in [-0.3, -0.25) is 14.7 Å². The van der Waals surface area contributed by atoms with E-state index in [-0.39, 0.29) is 5.91 Å². The van der Waals surface area contributed by atoms with E-state index in [9.17, 15) is 4.79 Å². The molecule has 0 saturated carbocycles. The molecule has 2 heterocycles. The molecule has 0 fully saturated rings. The number of ether oxygens (including phenoxy) is 1. The Labute approximate surface area is 156 Å². The van der Waals surface area contributed by atoms with Crippen LogP contribution in [0.4, 0.5) is 5.13 Å². The summed E-state index contributed by atoms with van der Waals surface area (Å²) in [7, 11) is 1.59. The number of hydrogen-bond donors (Lipinski definition) is 0. The number of rotatable bonds is 7. The Morgan fingerprint density at radius 3 is 2.73 bits per heavy atom. The second-order valence-electron chi connectivity index (χ2n) is 5.67. The Morgan fingerprint density at radius 1 is 1.19 bits per heavy atom. The van der Waals surface area contributed by atoms with Gasteiger partial charge in [0.1, 0.15) is 10.8 Å². The summed E-state index contributed by atoms with van der Waals surface area (Å²) in [6.45, 7) is 2.69. The number of nitrogens with zero attached hydrogens (tertiary/aromatic N) is 4. The summed E-state index contributed by atoms with van der Waals surface area (Å²) in [5, 5.41) is 9.87. The molecule has 1 amide bonds. The van der Waals surface area contributed by atoms with Crippen LogP contribution in [0.1, 0.15) is 30.1 Å². The predicted molar refractivity (Wildman–Crippen MR) is 103 cm³/mol. The lowest BCUT2D eigenvalue weighted by Crippen LogP contribution is -2.31. The molecule has 2 aromatic heterocycles. The van der Waals surface area contributed by atoms with Crippen molar-refractivity contribution in [2.45, 2.75) is 19.8 Å². The van der Waals surface area contributed by atoms with Gasteiger partial charge in [0, 0.05) is 30.1 Å². The summed E-state index contributed by atoms with van der Waals surface area (Å²) >= 11 is 1.40. The summed E-state index contributed by atoms with van der Waals surface area (Å²) in [5.74, 6) is 0.552. The first-order chi connectivity index (χ1) is 12.7. The molecule has 0 bridgehead atoms. The van der Waals surface area contributed by atoms with Crippen molar-refractivity contribution in [1.82, 2.24) is 15.2 Å². The fourth-order valence-corrected chi connectivity index (χ4v) is 3.32. The second kappa shape index (κ2) is 8.53. The van der Waals surface area contributed by atoms with Crippen LogP contribution in [0.5, 0.6) is 5.75 Å². The first-order valence-corrected chi connectivity index (χ1v) is 9.24. The highest BCUT2D eigenvalue weighted by molar-refractivity contribution is 7.18. The number of pyridine rings is 1. The van der Waals surface area contributed by atoms with Crippen LogP contribution >= 0.6 is 11.3 Å². The molecule has 0 aliphatic heterocycles. The van der Waals surface area contributed by atoms with E-state index in [2.05, 4.69) is 22.1 Å². The van der Waals surface area contributed by atoms with Gasteiger partial charge in [0.15, 0.2) is 0 Å². The molecule has 0 spiro atoms. The van der Waals surface area contributed by atoms with Gasteiger partial charge in [-0.15, -0.1) is 10.2 Å². The SMILES string of the molecule is CCCCN(C(=O)c1cccc(OC)c1)c1nnc(-c2ccncc2)s1. The molecule has 134 valence electrons. The van der Waals surface area contributed by atoms with Gasteiger partial charge in [0.05, 0.1) is 7.11 Å². The van der Waals surface area contributed by atoms with Crippen molar-refractivity contribution in [2.75, 3.05) is 18.6 Å². The lowest BCUT2D eigenvalue weighted by atomic mass is 10.2. The van der Waals surface area contributed by atoms with E-state index in [1.807, 2.05) is 24.3 Å². The summed E-state index contributed by atoms with van der Waals surface area (Å²) in [5.41, 5.74) is 1.51. The van der Waals surface area contributed by atoms with Gasteiger partial charge in [-0.2, -0.15) is 0 Å². The predicted octanol–water partition coefficient (Wildman–Crippen LogP) is 4.06. The van der Waals surface area contributed by atoms with E-state index in [0.717, 1.165) is 23.4 Å². The molecule has 7 heteroatoms. The fourth-order valence-electron chi connectivity index (χ4n) is 2.45. The third-order valence-corrected chi connectivity index (χ3v) is 4.86. The molecule has 3 rings (SSSR count). The van der Waals surface area contributed by atoms with Crippen molar-refractivity contribution in [3.63, 3.8) is 0 Å². The Kier molecular flexibility index (Phi) is 5.91. The van der Waals surface area contributed by atoms with Crippen LogP contribution in [0.3, 0.4) is 0 Å². The largest absolute Gasteiger partial charge is 0.497 e. The van der Waals surface area contributed by atoms with Crippen molar-refractivity contribution < 1.29 is 9.53 Å². The maximum absolute atomic E-state index is 13.1. The van der Waals surface area contributed by atoms with Crippen molar-refractivity contribution in [3.05, 3.63) is 54.4 Å². The van der Waals surface area contributed by atoms with Gasteiger partial charge >= 0.3 is 0 Å². The van der Waals surface area contributed by atoms with Gasteiger partial charge in [0.2, 0.25) is 5.13 Å². The molecular weight excluding hydrogens is 348 g/mol. The van der Waals surface area contributed by atoms with Gasteiger partial charge in [-0.05, 0) is 36.8 Å². The van der Waals surface area contributed by atoms with E-state index in [1.165, 1.54) is 11.3 Å². The maximum atomic E-state index is 13.1. The third-order valence-electron chi connectivity index (χ3n) is 3.87. The topological polar surface area (TPSA) is 68.2 Å². The van der Waals surface area contributed by atoms with Crippen LogP contribution in [0.15, 0.2) is 48.8 Å². The van der Waals surface area contributed by atoms with Crippen molar-refractivity contribution in [3.8, 4) is 16.3 Å². The molecule has 0 radical (unpaired) electrons. The van der Waals surface area contributed by atoms with E-state index >= 15 is 0 Å². The average Bonchev–Trinajstić information content (AvgIpc) is 3.19. The lowest BCUT2D eigenvalue weighted by Gasteiger charge is -2.19. The number of aromatic nitrogens is 3. The summed E-state index contributed by atoms with van der Waals surface area (Å²) in [4.78, 5) is 18.8. The fraction of sp³-hybridized carbons (Fsp3) is 0.263. The normalized spacial score (nSPS) is 10.5. The molecule has 1 aromatic carbocycles. The number of benzene rings is 1. The number of methoxy groups -OCH3 is 1. The summed E-state index contributed by atoms with van der Waals surface area (Å²) in [6, 6.07) is 10.9. The molecule has 0 aliphatic rings. The Bertz CT molecular complexity index is 867. The van der Waals surface area contributed by atoms with Crippen LogP contribution in [-0.4, -0.2) is 34.7 Å². The highest BCUT2D eigenvalue weighted by Gasteiger charge is 2.22. The quantitative estimate of drug-likeness (QED) is 0.629. The summed E-state index contributed by atoms with van der Waals surface area (Å²) < 4.78 is 5.23. The molecule has 0 atom stereocenters. The van der Waals surface area contributed by atoms with Gasteiger partial charge in [-0.25, -0.2) is 0 Å². The number of anilines is 1. The van der Waals surface area contributed by atoms with Gasteiger partial charge < -0.3 is 4.74 Å². The molecule has 0 saturated heterocycles. The lowest BCUT2D eigenvalue weighted by molar-refractivity contribution is 0.0986.